The molecule has 2 aromatic heterocycles. The molecule has 4 heteroatoms. The summed E-state index contributed by atoms with van der Waals surface area (Å²) >= 11 is 0. The van der Waals surface area contributed by atoms with Crippen LogP contribution in [0.4, 0.5) is 0 Å². The number of rotatable bonds is 1. The number of benzene rings is 1. The zero-order chi connectivity index (χ0) is 13.8. The fourth-order valence-electron chi connectivity index (χ4n) is 2.38. The van der Waals surface area contributed by atoms with Crippen molar-refractivity contribution in [2.45, 2.75) is 19.6 Å². The number of nitrogens with zero attached hydrogens (tertiary/aromatic N) is 1. The Kier molecular flexibility index (Phi) is 2.47. The summed E-state index contributed by atoms with van der Waals surface area (Å²) in [5.41, 5.74) is 1.66. The molecule has 3 aromatic rings. The van der Waals surface area contributed by atoms with Gasteiger partial charge in [0.15, 0.2) is 0 Å². The quantitative estimate of drug-likeness (QED) is 0.638. The van der Waals surface area contributed by atoms with Gasteiger partial charge in [0.05, 0.1) is 16.3 Å². The van der Waals surface area contributed by atoms with E-state index in [1.165, 1.54) is 0 Å². The summed E-state index contributed by atoms with van der Waals surface area (Å²) in [4.78, 5) is 12.5. The lowest BCUT2D eigenvalue weighted by atomic mass is 10.2. The molecule has 19 heavy (non-hydrogen) atoms. The fraction of sp³-hybridized carbons (Fsp3) is 0.267. The number of hydrogen-bond donors (Lipinski definition) is 0. The van der Waals surface area contributed by atoms with Crippen molar-refractivity contribution in [1.29, 1.82) is 0 Å². The van der Waals surface area contributed by atoms with Crippen LogP contribution in [0.25, 0.3) is 22.0 Å². The van der Waals surface area contributed by atoms with E-state index in [2.05, 4.69) is 19.6 Å². The second kappa shape index (κ2) is 3.84. The van der Waals surface area contributed by atoms with E-state index in [1.807, 2.05) is 41.9 Å². The standard InChI is InChI=1S/C15H17NO2Si/c1-16-12-8-6-5-7-10(12)14(17)11-9-13(18-15(11)16)19(2,3)4/h5-9H,1-4H3. The van der Waals surface area contributed by atoms with E-state index >= 15 is 0 Å². The van der Waals surface area contributed by atoms with E-state index in [4.69, 9.17) is 4.42 Å². The maximum absolute atomic E-state index is 12.5. The first-order valence-electron chi connectivity index (χ1n) is 6.41. The summed E-state index contributed by atoms with van der Waals surface area (Å²) in [6, 6.07) is 9.60. The molecular formula is C15H17NO2Si. The molecule has 0 unspecified atom stereocenters. The molecule has 0 spiro atoms. The van der Waals surface area contributed by atoms with Gasteiger partial charge >= 0.3 is 0 Å². The van der Waals surface area contributed by atoms with E-state index in [1.54, 1.807) is 0 Å². The van der Waals surface area contributed by atoms with Crippen molar-refractivity contribution in [1.82, 2.24) is 4.57 Å². The van der Waals surface area contributed by atoms with Gasteiger partial charge in [-0.1, -0.05) is 31.8 Å². The third-order valence-electron chi connectivity index (χ3n) is 3.51. The Balaban J connectivity index is 2.52. The smallest absolute Gasteiger partial charge is 0.210 e. The summed E-state index contributed by atoms with van der Waals surface area (Å²) in [7, 11) is 0.389. The van der Waals surface area contributed by atoms with Crippen LogP contribution >= 0.6 is 0 Å². The predicted octanol–water partition coefficient (Wildman–Crippen LogP) is 2.83. The number of aromatic nitrogens is 1. The highest BCUT2D eigenvalue weighted by Crippen LogP contribution is 2.19. The Labute approximate surface area is 112 Å². The van der Waals surface area contributed by atoms with E-state index in [0.717, 1.165) is 16.3 Å². The number of hydrogen-bond acceptors (Lipinski definition) is 2. The Morgan fingerprint density at radius 1 is 1.11 bits per heavy atom. The summed E-state index contributed by atoms with van der Waals surface area (Å²) in [5.74, 6) is 0. The molecule has 98 valence electrons. The number of fused-ring (bicyclic) bond motifs is 2. The minimum atomic E-state index is -1.56. The Bertz CT molecular complexity index is 837. The highest BCUT2D eigenvalue weighted by Gasteiger charge is 2.23. The number of aryl methyl sites for hydroxylation is 1. The van der Waals surface area contributed by atoms with Gasteiger partial charge in [0.2, 0.25) is 11.1 Å². The molecule has 3 nitrogen and oxygen atoms in total. The minimum absolute atomic E-state index is 0.0666. The zero-order valence-corrected chi connectivity index (χ0v) is 12.7. The van der Waals surface area contributed by atoms with E-state index in [9.17, 15) is 4.79 Å². The fourth-order valence-corrected chi connectivity index (χ4v) is 3.36. The molecular weight excluding hydrogens is 254 g/mol. The van der Waals surface area contributed by atoms with Crippen LogP contribution < -0.4 is 10.8 Å². The molecule has 1 aromatic carbocycles. The van der Waals surface area contributed by atoms with Gasteiger partial charge in [-0.2, -0.15) is 0 Å². The zero-order valence-electron chi connectivity index (χ0n) is 11.7. The van der Waals surface area contributed by atoms with Crippen LogP contribution in [-0.4, -0.2) is 12.6 Å². The van der Waals surface area contributed by atoms with Gasteiger partial charge < -0.3 is 8.98 Å². The first kappa shape index (κ1) is 12.2. The van der Waals surface area contributed by atoms with E-state index in [-0.39, 0.29) is 5.43 Å². The molecule has 0 bridgehead atoms. The van der Waals surface area contributed by atoms with E-state index in [0.29, 0.717) is 11.1 Å². The van der Waals surface area contributed by atoms with Gasteiger partial charge in [-0.25, -0.2) is 0 Å². The SMILES string of the molecule is Cn1c2ccccc2c(=O)c2cc([Si](C)(C)C)oc21. The largest absolute Gasteiger partial charge is 0.450 e. The van der Waals surface area contributed by atoms with Crippen molar-refractivity contribution in [2.75, 3.05) is 0 Å². The molecule has 0 amide bonds. The number of pyridine rings is 1. The third-order valence-corrected chi connectivity index (χ3v) is 5.24. The van der Waals surface area contributed by atoms with Crippen LogP contribution in [0.1, 0.15) is 0 Å². The van der Waals surface area contributed by atoms with Crippen molar-refractivity contribution in [3.05, 3.63) is 40.6 Å². The van der Waals surface area contributed by atoms with Crippen molar-refractivity contribution >= 4 is 35.5 Å². The molecule has 0 atom stereocenters. The Hall–Kier alpha value is -1.81. The molecule has 0 saturated heterocycles. The molecule has 0 fully saturated rings. The van der Waals surface area contributed by atoms with Gasteiger partial charge in [-0.15, -0.1) is 0 Å². The lowest BCUT2D eigenvalue weighted by Crippen LogP contribution is -2.36. The molecule has 2 heterocycles. The molecule has 0 aliphatic rings. The minimum Gasteiger partial charge on any atom is -0.450 e. The van der Waals surface area contributed by atoms with Gasteiger partial charge in [-0.05, 0) is 18.2 Å². The maximum atomic E-state index is 12.5. The van der Waals surface area contributed by atoms with Gasteiger partial charge in [0.1, 0.15) is 8.07 Å². The Morgan fingerprint density at radius 2 is 1.79 bits per heavy atom. The number of furan rings is 1. The maximum Gasteiger partial charge on any atom is 0.210 e. The van der Waals surface area contributed by atoms with Gasteiger partial charge in [-0.3, -0.25) is 4.79 Å². The third kappa shape index (κ3) is 1.75. The number of para-hydroxylation sites is 1. The highest BCUT2D eigenvalue weighted by atomic mass is 28.3. The van der Waals surface area contributed by atoms with Crippen molar-refractivity contribution in [3.8, 4) is 0 Å². The van der Waals surface area contributed by atoms with Crippen LogP contribution in [0.15, 0.2) is 39.5 Å². The molecule has 0 aliphatic heterocycles. The lowest BCUT2D eigenvalue weighted by Gasteiger charge is -2.10. The molecule has 0 N–H and O–H groups in total. The highest BCUT2D eigenvalue weighted by molar-refractivity contribution is 6.87. The van der Waals surface area contributed by atoms with Crippen LogP contribution in [0.3, 0.4) is 0 Å². The molecule has 0 radical (unpaired) electrons. The second-order valence-electron chi connectivity index (χ2n) is 5.98. The summed E-state index contributed by atoms with van der Waals surface area (Å²) in [5, 5.41) is 2.42. The molecule has 3 rings (SSSR count). The van der Waals surface area contributed by atoms with Crippen LogP contribution in [-0.2, 0) is 7.05 Å². The summed E-state index contributed by atoms with van der Waals surface area (Å²) < 4.78 is 7.94. The first-order chi connectivity index (χ1) is 8.89. The van der Waals surface area contributed by atoms with Gasteiger partial charge in [0.25, 0.3) is 0 Å². The Morgan fingerprint density at radius 3 is 2.47 bits per heavy atom. The van der Waals surface area contributed by atoms with Crippen molar-refractivity contribution in [3.63, 3.8) is 0 Å². The van der Waals surface area contributed by atoms with Crippen LogP contribution in [0.2, 0.25) is 19.6 Å². The topological polar surface area (TPSA) is 35.1 Å². The molecule has 0 saturated carbocycles. The van der Waals surface area contributed by atoms with Crippen molar-refractivity contribution in [2.24, 2.45) is 7.05 Å². The first-order valence-corrected chi connectivity index (χ1v) is 9.91. The van der Waals surface area contributed by atoms with Crippen LogP contribution in [0.5, 0.6) is 0 Å². The lowest BCUT2D eigenvalue weighted by molar-refractivity contribution is 0.614. The van der Waals surface area contributed by atoms with Crippen LogP contribution in [0, 0.1) is 0 Å². The summed E-state index contributed by atoms with van der Waals surface area (Å²) in [6.07, 6.45) is 0. The molecule has 0 aliphatic carbocycles. The normalized spacial score (nSPS) is 12.4. The second-order valence-corrected chi connectivity index (χ2v) is 11.0. The van der Waals surface area contributed by atoms with Gasteiger partial charge in [0, 0.05) is 12.4 Å². The average molecular weight is 271 g/mol. The van der Waals surface area contributed by atoms with Crippen molar-refractivity contribution < 1.29 is 4.42 Å². The predicted molar refractivity (Wildman–Crippen MR) is 81.9 cm³/mol. The summed E-state index contributed by atoms with van der Waals surface area (Å²) in [6.45, 7) is 6.65. The average Bonchev–Trinajstić information content (AvgIpc) is 2.81. The monoisotopic (exact) mass is 271 g/mol. The van der Waals surface area contributed by atoms with E-state index < -0.39 is 8.07 Å².